The summed E-state index contributed by atoms with van der Waals surface area (Å²) >= 11 is 6.86. The van der Waals surface area contributed by atoms with Crippen molar-refractivity contribution in [3.63, 3.8) is 0 Å². The van der Waals surface area contributed by atoms with Crippen LogP contribution in [0.3, 0.4) is 0 Å². The van der Waals surface area contributed by atoms with E-state index in [1.807, 2.05) is 0 Å². The molecule has 1 aromatic heterocycles. The molecule has 206 valence electrons. The molecule has 0 aliphatic carbocycles. The molecule has 0 radical (unpaired) electrons. The zero-order valence-electron chi connectivity index (χ0n) is 20.1. The zero-order chi connectivity index (χ0) is 28.0. The number of ether oxygens (including phenoxy) is 2. The number of thiophene rings is 1. The van der Waals surface area contributed by atoms with E-state index in [1.165, 1.54) is 6.07 Å². The van der Waals surface area contributed by atoms with Gasteiger partial charge in [-0.05, 0) is 30.7 Å². The number of nitrogens with zero attached hydrogens (tertiary/aromatic N) is 2. The maximum atomic E-state index is 13.3. The molecular formula is C22H25ClN4O10S. The quantitative estimate of drug-likeness (QED) is 0.348. The molecule has 3 heterocycles. The number of nitrogens with one attached hydrogen (secondary N) is 2. The minimum atomic E-state index is -1.59. The van der Waals surface area contributed by atoms with Crippen LogP contribution in [0.2, 0.25) is 5.02 Å². The minimum absolute atomic E-state index is 0.0200. The predicted octanol–water partition coefficient (Wildman–Crippen LogP) is 0.340. The lowest BCUT2D eigenvalue weighted by Gasteiger charge is -2.43. The van der Waals surface area contributed by atoms with Crippen molar-refractivity contribution in [2.75, 3.05) is 20.3 Å². The molecule has 0 unspecified atom stereocenters. The van der Waals surface area contributed by atoms with Crippen LogP contribution in [0.1, 0.15) is 41.8 Å². The average Bonchev–Trinajstić information content (AvgIpc) is 3.28. The van der Waals surface area contributed by atoms with Crippen molar-refractivity contribution in [2.45, 2.75) is 50.2 Å². The van der Waals surface area contributed by atoms with Crippen molar-refractivity contribution < 1.29 is 48.1 Å². The molecule has 0 aromatic carbocycles. The van der Waals surface area contributed by atoms with Crippen molar-refractivity contribution in [3.8, 4) is 0 Å². The Kier molecular flexibility index (Phi) is 9.63. The summed E-state index contributed by atoms with van der Waals surface area (Å²) < 4.78 is 9.47. The van der Waals surface area contributed by atoms with Gasteiger partial charge in [-0.2, -0.15) is 0 Å². The standard InChI is InChI=1S/C22H25ClN4O10S/c1-36-22(35)25-12-4-5-16(29)26-7-2-3-14(27(26)20(12)33)19(32)24-13(9-17(30)31)15(28)10-37-21(34)18-11(23)6-8-38-18/h6,8,12-14H,2-5,7,9-10H2,1H3,(H,24,32)(H,25,35)(H,30,31)/t12-,13-,14-/m0/s1. The lowest BCUT2D eigenvalue weighted by molar-refractivity contribution is -0.176. The Labute approximate surface area is 225 Å². The van der Waals surface area contributed by atoms with Crippen LogP contribution in [0.5, 0.6) is 0 Å². The Morgan fingerprint density at radius 3 is 2.61 bits per heavy atom. The number of carboxylic acid groups (broad SMARTS) is 1. The number of halogens is 1. The molecule has 0 saturated carbocycles. The van der Waals surface area contributed by atoms with Gasteiger partial charge in [-0.3, -0.25) is 29.0 Å². The second-order valence-corrected chi connectivity index (χ2v) is 9.71. The maximum Gasteiger partial charge on any atom is 0.407 e. The first-order valence-electron chi connectivity index (χ1n) is 11.5. The molecule has 2 aliphatic heterocycles. The van der Waals surface area contributed by atoms with E-state index in [0.29, 0.717) is 6.42 Å². The number of rotatable bonds is 9. The number of hydrogen-bond donors (Lipinski definition) is 3. The Bertz CT molecular complexity index is 1140. The summed E-state index contributed by atoms with van der Waals surface area (Å²) in [5.74, 6) is -5.27. The number of aliphatic carboxylic acids is 1. The first-order chi connectivity index (χ1) is 18.0. The minimum Gasteiger partial charge on any atom is -0.481 e. The van der Waals surface area contributed by atoms with Gasteiger partial charge >= 0.3 is 18.0 Å². The molecule has 2 aliphatic rings. The number of ketones is 1. The van der Waals surface area contributed by atoms with E-state index in [-0.39, 0.29) is 35.7 Å². The van der Waals surface area contributed by atoms with Gasteiger partial charge in [0.25, 0.3) is 5.91 Å². The fraction of sp³-hybridized carbons (Fsp3) is 0.500. The van der Waals surface area contributed by atoms with Crippen molar-refractivity contribution in [1.29, 1.82) is 0 Å². The summed E-state index contributed by atoms with van der Waals surface area (Å²) in [5, 5.41) is 17.7. The molecule has 3 N–H and O–H groups in total. The highest BCUT2D eigenvalue weighted by Gasteiger charge is 2.45. The van der Waals surface area contributed by atoms with Crippen LogP contribution >= 0.6 is 22.9 Å². The van der Waals surface area contributed by atoms with E-state index in [4.69, 9.17) is 16.3 Å². The SMILES string of the molecule is COC(=O)N[C@H]1CCC(=O)N2CCC[C@@H](C(=O)N[C@@H](CC(=O)O)C(=O)COC(=O)c3sccc3Cl)N2C1=O. The topological polar surface area (TPSA) is 189 Å². The van der Waals surface area contributed by atoms with E-state index >= 15 is 0 Å². The van der Waals surface area contributed by atoms with Gasteiger partial charge in [0.15, 0.2) is 12.4 Å². The number of carbonyl (C=O) groups excluding carboxylic acids is 6. The molecule has 0 bridgehead atoms. The Balaban J connectivity index is 1.75. The van der Waals surface area contributed by atoms with Gasteiger partial charge in [-0.1, -0.05) is 11.6 Å². The average molecular weight is 573 g/mol. The number of fused-ring (bicyclic) bond motifs is 1. The van der Waals surface area contributed by atoms with Crippen LogP contribution in [0.4, 0.5) is 4.79 Å². The van der Waals surface area contributed by atoms with Crippen LogP contribution in [0, 0.1) is 0 Å². The summed E-state index contributed by atoms with van der Waals surface area (Å²) in [6.07, 6.45) is -1.37. The molecule has 1 aromatic rings. The molecule has 0 spiro atoms. The van der Waals surface area contributed by atoms with Gasteiger partial charge in [0.1, 0.15) is 23.0 Å². The number of Topliss-reactive ketones (excluding diaryl/α,β-unsaturated/α-hetero) is 1. The van der Waals surface area contributed by atoms with Crippen LogP contribution in [0.15, 0.2) is 11.4 Å². The summed E-state index contributed by atoms with van der Waals surface area (Å²) in [7, 11) is 1.11. The molecule has 2 saturated heterocycles. The fourth-order valence-electron chi connectivity index (χ4n) is 4.04. The lowest BCUT2D eigenvalue weighted by Crippen LogP contribution is -2.64. The summed E-state index contributed by atoms with van der Waals surface area (Å²) in [6, 6.07) is -2.55. The maximum absolute atomic E-state index is 13.3. The Morgan fingerprint density at radius 2 is 1.97 bits per heavy atom. The second-order valence-electron chi connectivity index (χ2n) is 8.38. The number of hydrogen-bond acceptors (Lipinski definition) is 10. The molecule has 3 atom stereocenters. The number of esters is 1. The third-order valence-corrected chi connectivity index (χ3v) is 7.20. The number of carboxylic acids is 1. The van der Waals surface area contributed by atoms with Crippen molar-refractivity contribution in [3.05, 3.63) is 21.3 Å². The Hall–Kier alpha value is -3.72. The zero-order valence-corrected chi connectivity index (χ0v) is 21.7. The van der Waals surface area contributed by atoms with E-state index < -0.39 is 72.7 Å². The van der Waals surface area contributed by atoms with Gasteiger partial charge in [0.2, 0.25) is 11.8 Å². The Morgan fingerprint density at radius 1 is 1.24 bits per heavy atom. The fourth-order valence-corrected chi connectivity index (χ4v) is 5.06. The van der Waals surface area contributed by atoms with Crippen molar-refractivity contribution in [1.82, 2.24) is 20.7 Å². The number of alkyl carbamates (subject to hydrolysis) is 1. The van der Waals surface area contributed by atoms with Crippen LogP contribution < -0.4 is 10.6 Å². The van der Waals surface area contributed by atoms with Crippen LogP contribution in [0.25, 0.3) is 0 Å². The molecule has 38 heavy (non-hydrogen) atoms. The van der Waals surface area contributed by atoms with Crippen LogP contribution in [-0.4, -0.2) is 95.0 Å². The summed E-state index contributed by atoms with van der Waals surface area (Å²) in [6.45, 7) is -0.688. The van der Waals surface area contributed by atoms with E-state index in [0.717, 1.165) is 28.5 Å². The highest BCUT2D eigenvalue weighted by atomic mass is 35.5. The summed E-state index contributed by atoms with van der Waals surface area (Å²) in [4.78, 5) is 87.2. The van der Waals surface area contributed by atoms with E-state index in [9.17, 15) is 38.7 Å². The first kappa shape index (κ1) is 28.8. The predicted molar refractivity (Wildman–Crippen MR) is 129 cm³/mol. The van der Waals surface area contributed by atoms with Gasteiger partial charge in [-0.15, -0.1) is 11.3 Å². The van der Waals surface area contributed by atoms with Crippen molar-refractivity contribution in [2.24, 2.45) is 0 Å². The van der Waals surface area contributed by atoms with Crippen molar-refractivity contribution >= 4 is 64.5 Å². The lowest BCUT2D eigenvalue weighted by atomic mass is 10.0. The van der Waals surface area contributed by atoms with E-state index in [2.05, 4.69) is 15.4 Å². The van der Waals surface area contributed by atoms with Crippen LogP contribution in [-0.2, 0) is 33.4 Å². The normalized spacial score (nSPS) is 20.1. The number of amides is 4. The molecule has 14 nitrogen and oxygen atoms in total. The molecule has 4 amide bonds. The second kappa shape index (κ2) is 12.7. The van der Waals surface area contributed by atoms with Gasteiger partial charge in [0, 0.05) is 13.0 Å². The van der Waals surface area contributed by atoms with Gasteiger partial charge in [0.05, 0.1) is 18.6 Å². The monoisotopic (exact) mass is 572 g/mol. The molecule has 3 rings (SSSR count). The number of methoxy groups -OCH3 is 1. The third kappa shape index (κ3) is 6.77. The number of hydrazine groups is 1. The van der Waals surface area contributed by atoms with Gasteiger partial charge < -0.3 is 25.2 Å². The molecular weight excluding hydrogens is 548 g/mol. The third-order valence-electron chi connectivity index (χ3n) is 5.87. The molecule has 2 fully saturated rings. The first-order valence-corrected chi connectivity index (χ1v) is 12.7. The van der Waals surface area contributed by atoms with E-state index in [1.54, 1.807) is 5.38 Å². The van der Waals surface area contributed by atoms with Gasteiger partial charge in [-0.25, -0.2) is 14.6 Å². The molecule has 16 heteroatoms. The highest BCUT2D eigenvalue weighted by molar-refractivity contribution is 7.12. The number of carbonyl (C=O) groups is 7. The summed E-state index contributed by atoms with van der Waals surface area (Å²) in [5.41, 5.74) is 0. The highest BCUT2D eigenvalue weighted by Crippen LogP contribution is 2.25. The largest absolute Gasteiger partial charge is 0.481 e. The smallest absolute Gasteiger partial charge is 0.407 e.